The van der Waals surface area contributed by atoms with Crippen LogP contribution in [-0.2, 0) is 0 Å². The van der Waals surface area contributed by atoms with Gasteiger partial charge < -0.3 is 14.8 Å². The zero-order chi connectivity index (χ0) is 11.8. The maximum atomic E-state index is 5.75. The van der Waals surface area contributed by atoms with Crippen LogP contribution in [0.3, 0.4) is 0 Å². The molecule has 0 bridgehead atoms. The van der Waals surface area contributed by atoms with E-state index in [1.54, 1.807) is 0 Å². The van der Waals surface area contributed by atoms with Gasteiger partial charge in [0.2, 0.25) is 0 Å². The maximum absolute atomic E-state index is 5.75. The molecule has 3 nitrogen and oxygen atoms in total. The molecule has 0 fully saturated rings. The van der Waals surface area contributed by atoms with Crippen LogP contribution in [0.4, 0.5) is 0 Å². The van der Waals surface area contributed by atoms with Gasteiger partial charge in [-0.05, 0) is 42.6 Å². The first-order valence-electron chi connectivity index (χ1n) is 6.40. The van der Waals surface area contributed by atoms with Crippen molar-refractivity contribution in [1.29, 1.82) is 0 Å². The van der Waals surface area contributed by atoms with E-state index in [4.69, 9.17) is 9.47 Å². The van der Waals surface area contributed by atoms with Crippen molar-refractivity contribution in [2.24, 2.45) is 0 Å². The SMILES string of the molecule is CNC1CC(C)c2cc3c(cc21)OCCCO3. The first-order valence-corrected chi connectivity index (χ1v) is 6.40. The molecule has 0 saturated carbocycles. The van der Waals surface area contributed by atoms with Crippen LogP contribution in [-0.4, -0.2) is 20.3 Å². The Labute approximate surface area is 102 Å². The molecule has 0 aromatic heterocycles. The Morgan fingerprint density at radius 1 is 1.12 bits per heavy atom. The standard InChI is InChI=1S/C14H19NO2/c1-9-6-12(15-2)11-8-14-13(7-10(9)11)16-4-3-5-17-14/h7-9,12,15H,3-6H2,1-2H3. The number of hydrogen-bond donors (Lipinski definition) is 1. The highest BCUT2D eigenvalue weighted by molar-refractivity contribution is 5.52. The number of benzene rings is 1. The molecule has 1 N–H and O–H groups in total. The van der Waals surface area contributed by atoms with Crippen molar-refractivity contribution in [2.45, 2.75) is 31.7 Å². The van der Waals surface area contributed by atoms with Gasteiger partial charge in [0.15, 0.2) is 11.5 Å². The quantitative estimate of drug-likeness (QED) is 0.808. The Bertz CT molecular complexity index is 430. The molecule has 0 saturated heterocycles. The van der Waals surface area contributed by atoms with Crippen molar-refractivity contribution in [1.82, 2.24) is 5.32 Å². The minimum absolute atomic E-state index is 0.456. The summed E-state index contributed by atoms with van der Waals surface area (Å²) in [6.07, 6.45) is 2.12. The second-order valence-electron chi connectivity index (χ2n) is 4.96. The molecule has 2 unspecified atom stereocenters. The first kappa shape index (κ1) is 10.9. The molecule has 0 spiro atoms. The number of rotatable bonds is 1. The van der Waals surface area contributed by atoms with Crippen molar-refractivity contribution >= 4 is 0 Å². The van der Waals surface area contributed by atoms with Crippen LogP contribution in [0.1, 0.15) is 42.9 Å². The van der Waals surface area contributed by atoms with E-state index >= 15 is 0 Å². The zero-order valence-electron chi connectivity index (χ0n) is 10.5. The highest BCUT2D eigenvalue weighted by Gasteiger charge is 2.29. The Balaban J connectivity index is 2.05. The lowest BCUT2D eigenvalue weighted by Gasteiger charge is -2.13. The average Bonchev–Trinajstić information content (AvgIpc) is 2.53. The van der Waals surface area contributed by atoms with Gasteiger partial charge in [-0.3, -0.25) is 0 Å². The largest absolute Gasteiger partial charge is 0.490 e. The van der Waals surface area contributed by atoms with Crippen LogP contribution in [0.5, 0.6) is 11.5 Å². The van der Waals surface area contributed by atoms with Gasteiger partial charge in [0.05, 0.1) is 13.2 Å². The molecule has 2 atom stereocenters. The smallest absolute Gasteiger partial charge is 0.161 e. The number of fused-ring (bicyclic) bond motifs is 2. The molecule has 0 radical (unpaired) electrons. The van der Waals surface area contributed by atoms with Gasteiger partial charge in [0, 0.05) is 12.5 Å². The fourth-order valence-corrected chi connectivity index (χ4v) is 2.85. The summed E-state index contributed by atoms with van der Waals surface area (Å²) in [5.41, 5.74) is 2.79. The zero-order valence-corrected chi connectivity index (χ0v) is 10.5. The lowest BCUT2D eigenvalue weighted by atomic mass is 10.0. The van der Waals surface area contributed by atoms with Gasteiger partial charge in [-0.15, -0.1) is 0 Å². The summed E-state index contributed by atoms with van der Waals surface area (Å²) in [5, 5.41) is 3.38. The number of hydrogen-bond acceptors (Lipinski definition) is 3. The molecule has 1 aliphatic carbocycles. The molecule has 0 amide bonds. The summed E-state index contributed by atoms with van der Waals surface area (Å²) < 4.78 is 11.5. The third-order valence-electron chi connectivity index (χ3n) is 3.80. The predicted octanol–water partition coefficient (Wildman–Crippen LogP) is 2.62. The van der Waals surface area contributed by atoms with Crippen molar-refractivity contribution < 1.29 is 9.47 Å². The number of ether oxygens (including phenoxy) is 2. The van der Waals surface area contributed by atoms with Crippen molar-refractivity contribution in [3.63, 3.8) is 0 Å². The third kappa shape index (κ3) is 1.78. The van der Waals surface area contributed by atoms with Crippen LogP contribution in [0.15, 0.2) is 12.1 Å². The van der Waals surface area contributed by atoms with Crippen molar-refractivity contribution in [2.75, 3.05) is 20.3 Å². The minimum atomic E-state index is 0.456. The topological polar surface area (TPSA) is 30.5 Å². The van der Waals surface area contributed by atoms with Crippen LogP contribution in [0, 0.1) is 0 Å². The Morgan fingerprint density at radius 3 is 2.41 bits per heavy atom. The molecule has 1 aromatic rings. The first-order chi connectivity index (χ1) is 8.29. The maximum Gasteiger partial charge on any atom is 0.161 e. The van der Waals surface area contributed by atoms with Gasteiger partial charge in [0.1, 0.15) is 0 Å². The Hall–Kier alpha value is -1.22. The summed E-state index contributed by atoms with van der Waals surface area (Å²) in [4.78, 5) is 0. The molecule has 17 heavy (non-hydrogen) atoms. The van der Waals surface area contributed by atoms with Crippen molar-refractivity contribution in [3.05, 3.63) is 23.3 Å². The van der Waals surface area contributed by atoms with Gasteiger partial charge in [-0.25, -0.2) is 0 Å². The van der Waals surface area contributed by atoms with Crippen molar-refractivity contribution in [3.8, 4) is 11.5 Å². The normalized spacial score (nSPS) is 26.5. The molecule has 92 valence electrons. The van der Waals surface area contributed by atoms with E-state index in [9.17, 15) is 0 Å². The number of nitrogens with one attached hydrogen (secondary N) is 1. The van der Waals surface area contributed by atoms with Gasteiger partial charge in [-0.1, -0.05) is 6.92 Å². The molecular formula is C14H19NO2. The summed E-state index contributed by atoms with van der Waals surface area (Å²) in [7, 11) is 2.02. The molecule has 3 heteroatoms. The molecule has 3 rings (SSSR count). The molecular weight excluding hydrogens is 214 g/mol. The fourth-order valence-electron chi connectivity index (χ4n) is 2.85. The van der Waals surface area contributed by atoms with Crippen LogP contribution in [0.2, 0.25) is 0 Å². The predicted molar refractivity (Wildman–Crippen MR) is 66.9 cm³/mol. The van der Waals surface area contributed by atoms with E-state index in [2.05, 4.69) is 24.4 Å². The summed E-state index contributed by atoms with van der Waals surface area (Å²) in [6, 6.07) is 4.80. The van der Waals surface area contributed by atoms with E-state index in [1.165, 1.54) is 11.1 Å². The lowest BCUT2D eigenvalue weighted by molar-refractivity contribution is 0.296. The Morgan fingerprint density at radius 2 is 1.76 bits per heavy atom. The molecule has 2 aliphatic rings. The highest BCUT2D eigenvalue weighted by Crippen LogP contribution is 2.45. The summed E-state index contributed by atoms with van der Waals surface area (Å²) >= 11 is 0. The average molecular weight is 233 g/mol. The summed E-state index contributed by atoms with van der Waals surface area (Å²) in [6.45, 7) is 3.79. The fraction of sp³-hybridized carbons (Fsp3) is 0.571. The van der Waals surface area contributed by atoms with E-state index in [0.717, 1.165) is 37.6 Å². The van der Waals surface area contributed by atoms with E-state index < -0.39 is 0 Å². The summed E-state index contributed by atoms with van der Waals surface area (Å²) in [5.74, 6) is 2.43. The van der Waals surface area contributed by atoms with Gasteiger partial charge in [0.25, 0.3) is 0 Å². The Kier molecular flexibility index (Phi) is 2.71. The third-order valence-corrected chi connectivity index (χ3v) is 3.80. The second kappa shape index (κ2) is 4.22. The second-order valence-corrected chi connectivity index (χ2v) is 4.96. The molecule has 1 aliphatic heterocycles. The van der Waals surface area contributed by atoms with E-state index in [0.29, 0.717) is 12.0 Å². The van der Waals surface area contributed by atoms with Crippen LogP contribution in [0.25, 0.3) is 0 Å². The minimum Gasteiger partial charge on any atom is -0.490 e. The monoisotopic (exact) mass is 233 g/mol. The van der Waals surface area contributed by atoms with Gasteiger partial charge in [-0.2, -0.15) is 0 Å². The molecule has 1 aromatic carbocycles. The van der Waals surface area contributed by atoms with Gasteiger partial charge >= 0.3 is 0 Å². The van der Waals surface area contributed by atoms with Crippen LogP contribution >= 0.6 is 0 Å². The van der Waals surface area contributed by atoms with Crippen LogP contribution < -0.4 is 14.8 Å². The highest BCUT2D eigenvalue weighted by atomic mass is 16.5. The molecule has 1 heterocycles. The van der Waals surface area contributed by atoms with E-state index in [1.807, 2.05) is 7.05 Å². The lowest BCUT2D eigenvalue weighted by Crippen LogP contribution is -2.13. The van der Waals surface area contributed by atoms with E-state index in [-0.39, 0.29) is 0 Å².